The third kappa shape index (κ3) is 15.6. The highest BCUT2D eigenvalue weighted by atomic mass is 35.5. The van der Waals surface area contributed by atoms with Crippen LogP contribution in [0.5, 0.6) is 5.75 Å². The Morgan fingerprint density at radius 2 is 1.59 bits per heavy atom. The van der Waals surface area contributed by atoms with Crippen LogP contribution in [0.15, 0.2) is 79.1 Å². The van der Waals surface area contributed by atoms with Crippen LogP contribution in [0.3, 0.4) is 0 Å². The Bertz CT molecular complexity index is 3100. The highest BCUT2D eigenvalue weighted by Crippen LogP contribution is 2.37. The number of carbonyl (C=O) groups excluding carboxylic acids is 8. The first-order valence-electron chi connectivity index (χ1n) is 27.9. The summed E-state index contributed by atoms with van der Waals surface area (Å²) in [4.78, 5) is 119. The molecule has 2 saturated heterocycles. The van der Waals surface area contributed by atoms with E-state index in [1.54, 1.807) is 72.0 Å². The number of thioether (sulfide) groups is 1. The van der Waals surface area contributed by atoms with Crippen molar-refractivity contribution in [1.82, 2.24) is 56.8 Å². The van der Waals surface area contributed by atoms with Gasteiger partial charge in [-0.2, -0.15) is 11.8 Å². The van der Waals surface area contributed by atoms with Gasteiger partial charge in [0.2, 0.25) is 41.4 Å². The summed E-state index contributed by atoms with van der Waals surface area (Å²) in [5.74, 6) is -4.10. The Kier molecular flexibility index (Phi) is 20.9. The molecule has 0 saturated carbocycles. The molecule has 12 N–H and O–H groups in total. The van der Waals surface area contributed by atoms with Crippen molar-refractivity contribution in [3.8, 4) is 5.75 Å². The number of aromatic amines is 1. The number of aryl methyl sites for hydroxylation is 2. The number of aromatic hydroxyl groups is 1. The fourth-order valence-corrected chi connectivity index (χ4v) is 12.7. The number of carbonyl (C=O) groups is 8. The summed E-state index contributed by atoms with van der Waals surface area (Å²) in [7, 11) is 1.80. The third-order valence-corrected chi connectivity index (χ3v) is 17.1. The number of likely N-dealkylation sites (N-methyl/N-ethyl adjacent to an activating group) is 1. The molecule has 8 atom stereocenters. The molecule has 3 aliphatic rings. The fourth-order valence-electron chi connectivity index (χ4n) is 10.9. The summed E-state index contributed by atoms with van der Waals surface area (Å²) < 4.78 is 1.57. The van der Waals surface area contributed by atoms with Gasteiger partial charge in [0, 0.05) is 84.3 Å². The molecule has 5 heterocycles. The average molecular weight is 1170 g/mol. The van der Waals surface area contributed by atoms with Crippen LogP contribution in [0, 0.1) is 6.92 Å². The van der Waals surface area contributed by atoms with E-state index in [1.165, 1.54) is 23.1 Å². The van der Waals surface area contributed by atoms with Gasteiger partial charge in [-0.1, -0.05) is 59.6 Å². The lowest BCUT2D eigenvalue weighted by Crippen LogP contribution is -2.59. The fraction of sp³-hybridized carbons (Fsp3) is 0.474. The number of para-hydroxylation sites is 1. The van der Waals surface area contributed by atoms with E-state index in [2.05, 4.69) is 47.2 Å². The normalized spacial score (nSPS) is 23.5. The van der Waals surface area contributed by atoms with E-state index >= 15 is 0 Å². The van der Waals surface area contributed by atoms with Crippen molar-refractivity contribution in [3.63, 3.8) is 0 Å². The molecule has 2 bridgehead atoms. The predicted molar refractivity (Wildman–Crippen MR) is 310 cm³/mol. The Hall–Kier alpha value is -7.70. The zero-order chi connectivity index (χ0) is 58.5. The van der Waals surface area contributed by atoms with Gasteiger partial charge in [0.1, 0.15) is 36.0 Å². The van der Waals surface area contributed by atoms with Crippen LogP contribution in [-0.2, 0) is 59.4 Å². The lowest BCUT2D eigenvalue weighted by atomic mass is 10.0. The molecule has 0 aliphatic carbocycles. The smallest absolute Gasteiger partial charge is 0.317 e. The number of halogens is 1. The summed E-state index contributed by atoms with van der Waals surface area (Å²) in [6, 6.07) is 12.0. The van der Waals surface area contributed by atoms with Gasteiger partial charge >= 0.3 is 6.03 Å². The van der Waals surface area contributed by atoms with E-state index < -0.39 is 78.1 Å². The zero-order valence-electron chi connectivity index (χ0n) is 46.0. The second-order valence-electron chi connectivity index (χ2n) is 21.3. The van der Waals surface area contributed by atoms with Gasteiger partial charge < -0.3 is 58.4 Å². The number of nitrogens with two attached hydrogens (primary N) is 2. The molecule has 8 rings (SSSR count). The molecule has 3 aromatic carbocycles. The number of rotatable bonds is 16. The number of hydrogen-bond acceptors (Lipinski definition) is 13. The quantitative estimate of drug-likeness (QED) is 0.0503. The Morgan fingerprint density at radius 1 is 0.854 bits per heavy atom. The molecule has 25 heteroatoms. The number of nitrogens with zero attached hydrogens (tertiary/aromatic N) is 5. The maximum Gasteiger partial charge on any atom is 0.317 e. The molecule has 2 aromatic heterocycles. The maximum absolute atomic E-state index is 14.9. The molecule has 1 unspecified atom stereocenters. The number of primary amides is 1. The van der Waals surface area contributed by atoms with Gasteiger partial charge in [-0.3, -0.25) is 43.1 Å². The molecule has 2 fully saturated rings. The maximum atomic E-state index is 14.9. The molecule has 438 valence electrons. The van der Waals surface area contributed by atoms with E-state index in [9.17, 15) is 43.5 Å². The Balaban J connectivity index is 1.11. The molecule has 0 spiro atoms. The largest absolute Gasteiger partial charge is 0.508 e. The predicted octanol–water partition coefficient (Wildman–Crippen LogP) is 2.78. The molecular formula is C57H73ClN14O9S. The lowest BCUT2D eigenvalue weighted by molar-refractivity contribution is -0.134. The minimum Gasteiger partial charge on any atom is -0.508 e. The van der Waals surface area contributed by atoms with Gasteiger partial charge in [0.25, 0.3) is 0 Å². The van der Waals surface area contributed by atoms with Gasteiger partial charge in [0.15, 0.2) is 0 Å². The summed E-state index contributed by atoms with van der Waals surface area (Å²) in [5, 5.41) is 37.2. The van der Waals surface area contributed by atoms with Gasteiger partial charge in [-0.15, -0.1) is 5.10 Å². The Morgan fingerprint density at radius 3 is 2.37 bits per heavy atom. The topological polar surface area (TPSA) is 334 Å². The van der Waals surface area contributed by atoms with Crippen LogP contribution in [-0.4, -0.2) is 151 Å². The van der Waals surface area contributed by atoms with Crippen LogP contribution in [0.25, 0.3) is 10.9 Å². The first kappa shape index (κ1) is 60.4. The van der Waals surface area contributed by atoms with E-state index in [1.807, 2.05) is 24.3 Å². The van der Waals surface area contributed by atoms with Crippen molar-refractivity contribution in [2.45, 2.75) is 144 Å². The third-order valence-electron chi connectivity index (χ3n) is 15.3. The number of urea groups is 1. The minimum atomic E-state index is -1.36. The van der Waals surface area contributed by atoms with Crippen molar-refractivity contribution >= 4 is 87.3 Å². The molecular weight excluding hydrogens is 1090 g/mol. The molecule has 5 aromatic rings. The molecule has 82 heavy (non-hydrogen) atoms. The molecule has 0 radical (unpaired) electrons. The van der Waals surface area contributed by atoms with Crippen molar-refractivity contribution in [1.29, 1.82) is 0 Å². The summed E-state index contributed by atoms with van der Waals surface area (Å²) in [6.07, 6.45) is 6.99. The summed E-state index contributed by atoms with van der Waals surface area (Å²) >= 11 is 8.27. The highest BCUT2D eigenvalue weighted by Gasteiger charge is 2.46. The SMILES string of the molecule is Cc1ccc(Cl)cc1N1C(=O)CNC(=O)[C@H](Cc2ccc(O)cc2)NC(=O)[C@H](CCCCN)NC(=O)[C@H](Cc2c[nH]c3ccccc23)NC(=O)[C@H](NC(=O)CCCC[C@@H]2SC[C@@H]3NC(=O)N(C)C32)Cc2cn(nn2)CCCC[C@@H]1C(N)=O. The zero-order valence-corrected chi connectivity index (χ0v) is 47.6. The van der Waals surface area contributed by atoms with Crippen molar-refractivity contribution in [2.75, 3.05) is 30.8 Å². The van der Waals surface area contributed by atoms with E-state index in [4.69, 9.17) is 23.1 Å². The number of phenols is 1. The number of anilines is 1. The van der Waals surface area contributed by atoms with E-state index in [0.29, 0.717) is 73.1 Å². The van der Waals surface area contributed by atoms with E-state index in [-0.39, 0.29) is 79.2 Å². The van der Waals surface area contributed by atoms with Crippen molar-refractivity contribution in [3.05, 3.63) is 107 Å². The minimum absolute atomic E-state index is 0.0341. The number of benzene rings is 3. The van der Waals surface area contributed by atoms with Gasteiger partial charge in [-0.25, -0.2) is 4.79 Å². The van der Waals surface area contributed by atoms with Gasteiger partial charge in [0.05, 0.1) is 24.3 Å². The number of nitrogens with one attached hydrogen (secondary N) is 7. The van der Waals surface area contributed by atoms with Crippen LogP contribution >= 0.6 is 23.4 Å². The number of aromatic nitrogens is 4. The van der Waals surface area contributed by atoms with Crippen LogP contribution in [0.4, 0.5) is 10.5 Å². The lowest BCUT2D eigenvalue weighted by Gasteiger charge is -2.32. The molecule has 9 amide bonds. The second kappa shape index (κ2) is 28.3. The van der Waals surface area contributed by atoms with E-state index in [0.717, 1.165) is 23.1 Å². The van der Waals surface area contributed by atoms with Gasteiger partial charge in [-0.05, 0) is 112 Å². The molecule has 23 nitrogen and oxygen atoms in total. The monoisotopic (exact) mass is 1160 g/mol. The highest BCUT2D eigenvalue weighted by molar-refractivity contribution is 8.00. The Labute approximate surface area is 484 Å². The summed E-state index contributed by atoms with van der Waals surface area (Å²) in [5.41, 5.74) is 15.2. The standard InChI is InChI=1S/C57H73ClN14O9S/c1-33-17-20-36(58)27-47(33)72-46(52(60)76)14-8-10-24-71-31-37(68-69-71)28-44(63-49(74)16-6-5-15-48-51-45(32-82-48)67-57(81)70(51)2)56(80)66-43(26-35-29-61-40-12-4-3-11-39(35)40)55(79)64-41(13-7-9-23-59)54(78)65-42(53(77)62-30-50(72)75)25-34-18-21-38(73)22-19-34/h3-4,11-12,17-22,27,29,31,41-46,48,51,61,73H,5-10,13-16,23-26,28,30,32,59H2,1-2H3,(H2,60,76)(H,62,77)(H,63,74)(H,64,79)(H,65,78)(H,66,80)(H,67,81)/t41-,42-,43-,44+,45-,46+,48-,51?/m0/s1. The average Bonchev–Trinajstić information content (AvgIpc) is 4.28. The van der Waals surface area contributed by atoms with Crippen LogP contribution < -0.4 is 48.3 Å². The van der Waals surface area contributed by atoms with Crippen LogP contribution in [0.1, 0.15) is 86.6 Å². The summed E-state index contributed by atoms with van der Waals surface area (Å²) in [6.45, 7) is 1.69. The van der Waals surface area contributed by atoms with Crippen molar-refractivity contribution in [2.24, 2.45) is 11.5 Å². The first-order chi connectivity index (χ1) is 39.5. The molecule has 3 aliphatic heterocycles. The number of phenolic OH excluding ortho intramolecular Hbond substituents is 1. The first-order valence-corrected chi connectivity index (χ1v) is 29.3. The van der Waals surface area contributed by atoms with Crippen molar-refractivity contribution < 1.29 is 43.5 Å². The number of fused-ring (bicyclic) bond motifs is 4. The number of amides is 9. The number of unbranched alkanes of at least 4 members (excludes halogenated alkanes) is 2. The van der Waals surface area contributed by atoms with Crippen LogP contribution in [0.2, 0.25) is 5.02 Å². The number of H-pyrrole nitrogens is 1. The number of hydrogen-bond donors (Lipinski definition) is 10. The second-order valence-corrected chi connectivity index (χ2v) is 23.0.